The first-order chi connectivity index (χ1) is 6.11. The molecule has 1 heterocycles. The number of tetrazole rings is 1. The molecular formula is C8H14N4O. The van der Waals surface area contributed by atoms with Gasteiger partial charge in [0.2, 0.25) is 0 Å². The molecule has 0 bridgehead atoms. The van der Waals surface area contributed by atoms with Gasteiger partial charge in [0, 0.05) is 11.8 Å². The van der Waals surface area contributed by atoms with Crippen LogP contribution in [0.25, 0.3) is 0 Å². The van der Waals surface area contributed by atoms with E-state index in [0.717, 1.165) is 12.2 Å². The minimum Gasteiger partial charge on any atom is -0.300 e. The van der Waals surface area contributed by atoms with Crippen LogP contribution < -0.4 is 0 Å². The maximum absolute atomic E-state index is 11.0. The Bertz CT molecular complexity index is 270. The molecule has 0 aromatic carbocycles. The highest BCUT2D eigenvalue weighted by Gasteiger charge is 2.16. The molecule has 1 aromatic heterocycles. The van der Waals surface area contributed by atoms with E-state index in [9.17, 15) is 4.79 Å². The molecule has 1 aromatic rings. The second-order valence-electron chi connectivity index (χ2n) is 3.43. The van der Waals surface area contributed by atoms with Gasteiger partial charge >= 0.3 is 0 Å². The normalized spacial score (nSPS) is 15.3. The number of hydrogen-bond donors (Lipinski definition) is 1. The minimum atomic E-state index is 0.0695. The first-order valence-electron chi connectivity index (χ1n) is 4.35. The number of carbonyl (C=O) groups is 1. The summed E-state index contributed by atoms with van der Waals surface area (Å²) in [6, 6.07) is 0. The third-order valence-corrected chi connectivity index (χ3v) is 2.23. The lowest BCUT2D eigenvalue weighted by molar-refractivity contribution is -0.120. The van der Waals surface area contributed by atoms with Gasteiger partial charge in [-0.1, -0.05) is 13.8 Å². The van der Waals surface area contributed by atoms with Crippen LogP contribution in [0.1, 0.15) is 38.9 Å². The van der Waals surface area contributed by atoms with Crippen molar-refractivity contribution < 1.29 is 4.79 Å². The molecule has 1 N–H and O–H groups in total. The van der Waals surface area contributed by atoms with Gasteiger partial charge in [-0.2, -0.15) is 0 Å². The number of nitrogens with zero attached hydrogens (tertiary/aromatic N) is 3. The summed E-state index contributed by atoms with van der Waals surface area (Å²) >= 11 is 0. The van der Waals surface area contributed by atoms with E-state index in [1.807, 2.05) is 13.8 Å². The summed E-state index contributed by atoms with van der Waals surface area (Å²) in [5.74, 6) is 1.22. The molecule has 0 aliphatic heterocycles. The van der Waals surface area contributed by atoms with Crippen molar-refractivity contribution in [3.8, 4) is 0 Å². The van der Waals surface area contributed by atoms with E-state index in [2.05, 4.69) is 20.6 Å². The fourth-order valence-corrected chi connectivity index (χ4v) is 1.18. The fraction of sp³-hybridized carbons (Fsp3) is 0.750. The number of nitrogens with one attached hydrogen (secondary N) is 1. The molecule has 0 amide bonds. The molecule has 72 valence electrons. The number of rotatable bonds is 4. The lowest BCUT2D eigenvalue weighted by atomic mass is 9.94. The van der Waals surface area contributed by atoms with Gasteiger partial charge in [0.1, 0.15) is 5.78 Å². The standard InChI is InChI=1S/C8H14N4O/c1-5(7(3)13)4-6(2)8-9-11-12-10-8/h5-6H,4H2,1-3H3,(H,9,10,11,12). The van der Waals surface area contributed by atoms with Crippen molar-refractivity contribution >= 4 is 5.78 Å². The highest BCUT2D eigenvalue weighted by molar-refractivity contribution is 5.77. The predicted molar refractivity (Wildman–Crippen MR) is 47.1 cm³/mol. The van der Waals surface area contributed by atoms with Gasteiger partial charge < -0.3 is 0 Å². The van der Waals surface area contributed by atoms with Crippen LogP contribution in [0.5, 0.6) is 0 Å². The van der Waals surface area contributed by atoms with Gasteiger partial charge in [-0.15, -0.1) is 5.10 Å². The van der Waals surface area contributed by atoms with Crippen molar-refractivity contribution in [2.75, 3.05) is 0 Å². The predicted octanol–water partition coefficient (Wildman–Crippen LogP) is 0.918. The number of ketones is 1. The molecule has 0 spiro atoms. The second-order valence-corrected chi connectivity index (χ2v) is 3.43. The molecule has 0 saturated heterocycles. The topological polar surface area (TPSA) is 71.5 Å². The largest absolute Gasteiger partial charge is 0.300 e. The number of aromatic amines is 1. The van der Waals surface area contributed by atoms with E-state index in [0.29, 0.717) is 0 Å². The summed E-state index contributed by atoms with van der Waals surface area (Å²) in [6.45, 7) is 5.53. The molecule has 13 heavy (non-hydrogen) atoms. The van der Waals surface area contributed by atoms with Crippen LogP contribution in [0, 0.1) is 5.92 Å². The maximum atomic E-state index is 11.0. The van der Waals surface area contributed by atoms with Crippen LogP contribution in [-0.4, -0.2) is 26.4 Å². The number of hydrogen-bond acceptors (Lipinski definition) is 4. The maximum Gasteiger partial charge on any atom is 0.151 e. The summed E-state index contributed by atoms with van der Waals surface area (Å²) < 4.78 is 0. The molecule has 5 nitrogen and oxygen atoms in total. The van der Waals surface area contributed by atoms with Gasteiger partial charge in [-0.05, 0) is 23.8 Å². The lowest BCUT2D eigenvalue weighted by Crippen LogP contribution is -2.10. The Labute approximate surface area is 76.9 Å². The molecule has 0 radical (unpaired) electrons. The average molecular weight is 182 g/mol. The SMILES string of the molecule is CC(=O)C(C)CC(C)c1nnn[nH]1. The Balaban J connectivity index is 2.51. The van der Waals surface area contributed by atoms with Crippen molar-refractivity contribution in [1.82, 2.24) is 20.6 Å². The zero-order chi connectivity index (χ0) is 9.84. The van der Waals surface area contributed by atoms with Gasteiger partial charge in [-0.25, -0.2) is 5.10 Å². The molecule has 0 saturated carbocycles. The molecule has 0 aliphatic rings. The molecule has 1 rings (SSSR count). The fourth-order valence-electron chi connectivity index (χ4n) is 1.18. The zero-order valence-electron chi connectivity index (χ0n) is 8.11. The van der Waals surface area contributed by atoms with Crippen molar-refractivity contribution in [1.29, 1.82) is 0 Å². The zero-order valence-corrected chi connectivity index (χ0v) is 8.11. The summed E-state index contributed by atoms with van der Waals surface area (Å²) in [6.07, 6.45) is 0.784. The molecule has 5 heteroatoms. The van der Waals surface area contributed by atoms with E-state index in [1.165, 1.54) is 0 Å². The minimum absolute atomic E-state index is 0.0695. The first-order valence-corrected chi connectivity index (χ1v) is 4.35. The third-order valence-electron chi connectivity index (χ3n) is 2.23. The monoisotopic (exact) mass is 182 g/mol. The summed E-state index contributed by atoms with van der Waals surface area (Å²) in [7, 11) is 0. The Morgan fingerprint density at radius 1 is 1.54 bits per heavy atom. The third kappa shape index (κ3) is 2.61. The van der Waals surface area contributed by atoms with Crippen molar-refractivity contribution in [2.45, 2.75) is 33.1 Å². The van der Waals surface area contributed by atoms with E-state index in [4.69, 9.17) is 0 Å². The van der Waals surface area contributed by atoms with Crippen LogP contribution in [0.15, 0.2) is 0 Å². The summed E-state index contributed by atoms with van der Waals surface area (Å²) in [5, 5.41) is 13.5. The van der Waals surface area contributed by atoms with E-state index in [-0.39, 0.29) is 17.6 Å². The summed E-state index contributed by atoms with van der Waals surface area (Å²) in [5.41, 5.74) is 0. The van der Waals surface area contributed by atoms with Crippen LogP contribution in [-0.2, 0) is 4.79 Å². The van der Waals surface area contributed by atoms with E-state index >= 15 is 0 Å². The van der Waals surface area contributed by atoms with Crippen molar-refractivity contribution in [3.05, 3.63) is 5.82 Å². The number of H-pyrrole nitrogens is 1. The van der Waals surface area contributed by atoms with Crippen LogP contribution in [0.3, 0.4) is 0 Å². The molecule has 0 fully saturated rings. The van der Waals surface area contributed by atoms with Gasteiger partial charge in [0.05, 0.1) is 0 Å². The van der Waals surface area contributed by atoms with Crippen LogP contribution in [0.2, 0.25) is 0 Å². The van der Waals surface area contributed by atoms with Gasteiger partial charge in [0.15, 0.2) is 5.82 Å². The quantitative estimate of drug-likeness (QED) is 0.751. The Kier molecular flexibility index (Phi) is 3.11. The van der Waals surface area contributed by atoms with Crippen LogP contribution >= 0.6 is 0 Å². The van der Waals surface area contributed by atoms with Crippen molar-refractivity contribution in [2.24, 2.45) is 5.92 Å². The van der Waals surface area contributed by atoms with E-state index in [1.54, 1.807) is 6.92 Å². The summed E-state index contributed by atoms with van der Waals surface area (Å²) in [4.78, 5) is 11.0. The smallest absolute Gasteiger partial charge is 0.151 e. The highest BCUT2D eigenvalue weighted by atomic mass is 16.1. The Hall–Kier alpha value is -1.26. The first kappa shape index (κ1) is 9.83. The Morgan fingerprint density at radius 3 is 2.69 bits per heavy atom. The lowest BCUT2D eigenvalue weighted by Gasteiger charge is -2.11. The number of carbonyl (C=O) groups excluding carboxylic acids is 1. The molecule has 2 atom stereocenters. The number of Topliss-reactive ketones (excluding diaryl/α,β-unsaturated/α-hetero) is 1. The molecular weight excluding hydrogens is 168 g/mol. The van der Waals surface area contributed by atoms with Crippen LogP contribution in [0.4, 0.5) is 0 Å². The Morgan fingerprint density at radius 2 is 2.23 bits per heavy atom. The van der Waals surface area contributed by atoms with Gasteiger partial charge in [0.25, 0.3) is 0 Å². The van der Waals surface area contributed by atoms with Gasteiger partial charge in [-0.3, -0.25) is 4.79 Å². The number of aromatic nitrogens is 4. The highest BCUT2D eigenvalue weighted by Crippen LogP contribution is 2.19. The molecule has 0 aliphatic carbocycles. The molecule has 2 unspecified atom stereocenters. The van der Waals surface area contributed by atoms with E-state index < -0.39 is 0 Å². The van der Waals surface area contributed by atoms with Crippen molar-refractivity contribution in [3.63, 3.8) is 0 Å². The average Bonchev–Trinajstić information content (AvgIpc) is 2.55. The second kappa shape index (κ2) is 4.11.